The molecule has 1 fully saturated rings. The Balaban J connectivity index is 1.57. The Morgan fingerprint density at radius 1 is 1.15 bits per heavy atom. The van der Waals surface area contributed by atoms with Gasteiger partial charge in [0.25, 0.3) is 5.91 Å². The van der Waals surface area contributed by atoms with Crippen molar-refractivity contribution in [2.75, 3.05) is 0 Å². The van der Waals surface area contributed by atoms with Crippen LogP contribution in [-0.2, 0) is 4.79 Å². The average molecular weight is 569 g/mol. The number of rotatable bonds is 9. The van der Waals surface area contributed by atoms with Crippen LogP contribution in [0.2, 0.25) is 0 Å². The van der Waals surface area contributed by atoms with E-state index in [2.05, 4.69) is 25.6 Å². The molecule has 2 amide bonds. The zero-order chi connectivity index (χ0) is 29.2. The van der Waals surface area contributed by atoms with Gasteiger partial charge in [-0.05, 0) is 57.2 Å². The van der Waals surface area contributed by atoms with E-state index in [1.165, 1.54) is 6.20 Å². The molecule has 218 valence electrons. The molecular formula is C27H33F5N6O2. The van der Waals surface area contributed by atoms with Crippen molar-refractivity contribution in [3.8, 4) is 0 Å². The summed E-state index contributed by atoms with van der Waals surface area (Å²) in [5.41, 5.74) is 2.12. The monoisotopic (exact) mass is 568 g/mol. The summed E-state index contributed by atoms with van der Waals surface area (Å²) in [5.74, 6) is -3.73. The number of hydrogen-bond donors (Lipinski definition) is 3. The predicted molar refractivity (Wildman–Crippen MR) is 138 cm³/mol. The summed E-state index contributed by atoms with van der Waals surface area (Å²) in [4.78, 5) is 37.2. The van der Waals surface area contributed by atoms with Crippen LogP contribution in [0.3, 0.4) is 0 Å². The molecule has 8 nitrogen and oxygen atoms in total. The van der Waals surface area contributed by atoms with Crippen molar-refractivity contribution in [1.29, 1.82) is 0 Å². The highest BCUT2D eigenvalue weighted by atomic mass is 19.4. The van der Waals surface area contributed by atoms with Crippen LogP contribution in [0.25, 0.3) is 11.0 Å². The lowest BCUT2D eigenvalue weighted by Gasteiger charge is -2.33. The first-order chi connectivity index (χ1) is 18.7. The second kappa shape index (κ2) is 11.5. The quantitative estimate of drug-likeness (QED) is 0.269. The van der Waals surface area contributed by atoms with E-state index in [0.717, 1.165) is 0 Å². The minimum absolute atomic E-state index is 0.0179. The molecule has 2 aromatic heterocycles. The van der Waals surface area contributed by atoms with Crippen molar-refractivity contribution in [2.45, 2.75) is 89.5 Å². The lowest BCUT2D eigenvalue weighted by Crippen LogP contribution is -2.38. The van der Waals surface area contributed by atoms with Crippen LogP contribution in [0, 0.1) is 5.92 Å². The van der Waals surface area contributed by atoms with Gasteiger partial charge < -0.3 is 20.2 Å². The number of fused-ring (bicyclic) bond motifs is 1. The lowest BCUT2D eigenvalue weighted by atomic mass is 9.81. The molecule has 2 heterocycles. The topological polar surface area (TPSA) is 105 Å². The van der Waals surface area contributed by atoms with E-state index in [0.29, 0.717) is 28.1 Å². The molecule has 4 rings (SSSR count). The molecule has 40 heavy (non-hydrogen) atoms. The van der Waals surface area contributed by atoms with Crippen LogP contribution in [0.1, 0.15) is 99.3 Å². The van der Waals surface area contributed by atoms with E-state index >= 15 is 0 Å². The van der Waals surface area contributed by atoms with Crippen molar-refractivity contribution in [2.24, 2.45) is 5.92 Å². The summed E-state index contributed by atoms with van der Waals surface area (Å²) in [6.45, 7) is 5.48. The Bertz CT molecular complexity index is 1340. The highest BCUT2D eigenvalue weighted by Gasteiger charge is 2.39. The van der Waals surface area contributed by atoms with Gasteiger partial charge in [-0.15, -0.1) is 0 Å². The van der Waals surface area contributed by atoms with E-state index in [1.54, 1.807) is 36.0 Å². The molecule has 3 aromatic rings. The summed E-state index contributed by atoms with van der Waals surface area (Å²) in [7, 11) is 0. The molecule has 0 spiro atoms. The van der Waals surface area contributed by atoms with Crippen molar-refractivity contribution < 1.29 is 31.5 Å². The number of carbonyl (C=O) groups excluding carboxylic acids is 2. The van der Waals surface area contributed by atoms with Gasteiger partial charge in [-0.2, -0.15) is 13.2 Å². The first-order valence-electron chi connectivity index (χ1n) is 13.3. The Labute approximate surface area is 228 Å². The van der Waals surface area contributed by atoms with Gasteiger partial charge >= 0.3 is 6.18 Å². The first-order valence-corrected chi connectivity index (χ1v) is 13.3. The van der Waals surface area contributed by atoms with Crippen LogP contribution in [-0.4, -0.2) is 43.4 Å². The average Bonchev–Trinajstić information content (AvgIpc) is 3.53. The molecule has 0 unspecified atom stereocenters. The van der Waals surface area contributed by atoms with Gasteiger partial charge in [0.15, 0.2) is 0 Å². The fraction of sp³-hybridized carbons (Fsp3) is 0.556. The van der Waals surface area contributed by atoms with Gasteiger partial charge in [0.05, 0.1) is 42.1 Å². The predicted octanol–water partition coefficient (Wildman–Crippen LogP) is 6.16. The molecule has 0 aliphatic heterocycles. The lowest BCUT2D eigenvalue weighted by molar-refractivity contribution is -0.144. The summed E-state index contributed by atoms with van der Waals surface area (Å²) in [6, 6.07) is 3.87. The molecule has 1 aliphatic carbocycles. The third-order valence-electron chi connectivity index (χ3n) is 7.31. The number of imidazole rings is 2. The van der Waals surface area contributed by atoms with Crippen LogP contribution in [0.4, 0.5) is 22.0 Å². The van der Waals surface area contributed by atoms with Gasteiger partial charge in [-0.25, -0.2) is 18.7 Å². The molecule has 3 N–H and O–H groups in total. The Kier molecular flexibility index (Phi) is 8.50. The Morgan fingerprint density at radius 3 is 2.50 bits per heavy atom. The van der Waals surface area contributed by atoms with Crippen LogP contribution in [0.15, 0.2) is 30.7 Å². The molecule has 0 radical (unpaired) electrons. The van der Waals surface area contributed by atoms with Gasteiger partial charge in [-0.3, -0.25) is 9.59 Å². The van der Waals surface area contributed by atoms with Crippen molar-refractivity contribution in [3.63, 3.8) is 0 Å². The third-order valence-corrected chi connectivity index (χ3v) is 7.31. The van der Waals surface area contributed by atoms with Gasteiger partial charge in [0.2, 0.25) is 11.8 Å². The van der Waals surface area contributed by atoms with Gasteiger partial charge in [0.1, 0.15) is 11.5 Å². The maximum atomic E-state index is 13.9. The largest absolute Gasteiger partial charge is 0.389 e. The highest BCUT2D eigenvalue weighted by molar-refractivity contribution is 5.92. The van der Waals surface area contributed by atoms with Crippen molar-refractivity contribution >= 4 is 22.8 Å². The van der Waals surface area contributed by atoms with E-state index < -0.39 is 48.8 Å². The SMILES string of the molecule is CC(C)n1cncc1C(=O)N[C@H](c1nc2ccc([C@@H](C)NC(=O)CCC(F)(F)F)cc2[nH]1)C1CCC(F)(F)CC1. The molecule has 13 heteroatoms. The van der Waals surface area contributed by atoms with Crippen molar-refractivity contribution in [3.05, 3.63) is 47.8 Å². The molecular weight excluding hydrogens is 535 g/mol. The second-order valence-electron chi connectivity index (χ2n) is 10.7. The maximum absolute atomic E-state index is 13.9. The standard InChI is InChI=1S/C27H33F5N6O2/c1-15(2)38-14-33-13-21(38)25(40)37-23(17-6-9-26(28,29)10-7-17)24-35-19-5-4-18(12-20(19)36-24)16(3)34-22(39)8-11-27(30,31)32/h4-5,12-17,23H,6-11H2,1-3H3,(H,34,39)(H,35,36)(H,37,40)/t16-,23+/m1/s1. The third kappa shape index (κ3) is 7.16. The van der Waals surface area contributed by atoms with Gasteiger partial charge in [0, 0.05) is 25.3 Å². The molecule has 0 saturated heterocycles. The molecule has 0 bridgehead atoms. The smallest absolute Gasteiger partial charge is 0.350 e. The number of carbonyl (C=O) groups is 2. The van der Waals surface area contributed by atoms with Crippen LogP contribution >= 0.6 is 0 Å². The summed E-state index contributed by atoms with van der Waals surface area (Å²) >= 11 is 0. The van der Waals surface area contributed by atoms with Crippen LogP contribution in [0.5, 0.6) is 0 Å². The summed E-state index contributed by atoms with van der Waals surface area (Å²) in [5, 5.41) is 5.56. The minimum atomic E-state index is -4.42. The number of nitrogens with zero attached hydrogens (tertiary/aromatic N) is 3. The number of halogens is 5. The number of aromatic amines is 1. The fourth-order valence-corrected chi connectivity index (χ4v) is 5.03. The molecule has 2 atom stereocenters. The minimum Gasteiger partial charge on any atom is -0.350 e. The number of nitrogens with one attached hydrogen (secondary N) is 3. The van der Waals surface area contributed by atoms with E-state index in [9.17, 15) is 31.5 Å². The Hall–Kier alpha value is -3.51. The fourth-order valence-electron chi connectivity index (χ4n) is 5.03. The number of benzene rings is 1. The zero-order valence-electron chi connectivity index (χ0n) is 22.5. The molecule has 1 saturated carbocycles. The highest BCUT2D eigenvalue weighted by Crippen LogP contribution is 2.41. The van der Waals surface area contributed by atoms with E-state index in [1.807, 2.05) is 13.8 Å². The van der Waals surface area contributed by atoms with E-state index in [4.69, 9.17) is 0 Å². The number of H-pyrrole nitrogens is 1. The van der Waals surface area contributed by atoms with Gasteiger partial charge in [-0.1, -0.05) is 6.07 Å². The number of aromatic nitrogens is 4. The Morgan fingerprint density at radius 2 is 1.85 bits per heavy atom. The maximum Gasteiger partial charge on any atom is 0.389 e. The van der Waals surface area contributed by atoms with E-state index in [-0.39, 0.29) is 37.6 Å². The summed E-state index contributed by atoms with van der Waals surface area (Å²) in [6.07, 6.45) is -3.45. The number of alkyl halides is 5. The second-order valence-corrected chi connectivity index (χ2v) is 10.7. The first kappa shape index (κ1) is 29.5. The zero-order valence-corrected chi connectivity index (χ0v) is 22.5. The van der Waals surface area contributed by atoms with Crippen LogP contribution < -0.4 is 10.6 Å². The molecule has 1 aliphatic rings. The molecule has 1 aromatic carbocycles. The van der Waals surface area contributed by atoms with Crippen molar-refractivity contribution in [1.82, 2.24) is 30.2 Å². The number of hydrogen-bond acceptors (Lipinski definition) is 4. The number of amides is 2. The normalized spacial score (nSPS) is 17.6. The summed E-state index contributed by atoms with van der Waals surface area (Å²) < 4.78 is 67.0.